The Bertz CT molecular complexity index is 1450. The molecule has 5 rings (SSSR count). The third-order valence-corrected chi connectivity index (χ3v) is 6.00. The van der Waals surface area contributed by atoms with E-state index in [4.69, 9.17) is 5.73 Å². The monoisotopic (exact) mass is 494 g/mol. The molecule has 13 heteroatoms. The molecule has 1 atom stereocenters. The molecule has 1 aromatic carbocycles. The van der Waals surface area contributed by atoms with Crippen LogP contribution in [0.25, 0.3) is 16.6 Å². The zero-order chi connectivity index (χ0) is 25.1. The van der Waals surface area contributed by atoms with Crippen molar-refractivity contribution in [2.75, 3.05) is 12.3 Å². The van der Waals surface area contributed by atoms with Gasteiger partial charge in [-0.15, -0.1) is 0 Å². The number of fused-ring (bicyclic) bond motifs is 3. The number of carbonyl (C=O) groups excluding carboxylic acids is 1. The van der Waals surface area contributed by atoms with Crippen molar-refractivity contribution in [3.8, 4) is 0 Å². The molecule has 0 spiro atoms. The van der Waals surface area contributed by atoms with E-state index in [1.807, 2.05) is 0 Å². The van der Waals surface area contributed by atoms with Crippen molar-refractivity contribution >= 4 is 28.3 Å². The van der Waals surface area contributed by atoms with Crippen LogP contribution in [0.3, 0.4) is 0 Å². The van der Waals surface area contributed by atoms with Crippen LogP contribution in [0.1, 0.15) is 40.5 Å². The van der Waals surface area contributed by atoms with Crippen LogP contribution in [0.15, 0.2) is 43.0 Å². The Labute approximate surface area is 193 Å². The van der Waals surface area contributed by atoms with Gasteiger partial charge in [-0.2, -0.15) is 13.2 Å². The Morgan fingerprint density at radius 1 is 1.14 bits per heavy atom. The van der Waals surface area contributed by atoms with Gasteiger partial charge in [-0.25, -0.2) is 23.1 Å². The fraction of sp³-hybridized carbons (Fsp3) is 0.273. The number of anilines is 1. The number of hydrogen-bond donors (Lipinski definition) is 1. The molecule has 1 saturated heterocycles. The van der Waals surface area contributed by atoms with Gasteiger partial charge < -0.3 is 10.6 Å². The number of piperidine rings is 1. The maximum absolute atomic E-state index is 15.0. The van der Waals surface area contributed by atoms with Gasteiger partial charge in [0.05, 0.1) is 46.4 Å². The molecule has 35 heavy (non-hydrogen) atoms. The summed E-state index contributed by atoms with van der Waals surface area (Å²) in [4.78, 5) is 26.2. The highest BCUT2D eigenvalue weighted by Gasteiger charge is 2.44. The summed E-state index contributed by atoms with van der Waals surface area (Å²) in [6, 6.07) is 2.52. The van der Waals surface area contributed by atoms with Crippen LogP contribution in [0.5, 0.6) is 0 Å². The number of carbonyl (C=O) groups is 1. The fourth-order valence-corrected chi connectivity index (χ4v) is 4.23. The summed E-state index contributed by atoms with van der Waals surface area (Å²) in [5, 5.41) is 0. The standard InChI is InChI=1S/C22H16F6N6O/c23-13-6-15-16(34-10-30-9-18(34)19(29)32-15)5-12(13)20(35)33-4-3-21(24,25)7-17(33)14-2-1-11(8-31-14)22(26,27)28/h1-2,5-6,8-10,17H,3-4,7H2,(H2,29,32). The molecule has 0 aliphatic carbocycles. The Balaban J connectivity index is 1.57. The van der Waals surface area contributed by atoms with Gasteiger partial charge >= 0.3 is 6.18 Å². The van der Waals surface area contributed by atoms with Gasteiger partial charge in [-0.05, 0) is 18.2 Å². The predicted molar refractivity (Wildman–Crippen MR) is 112 cm³/mol. The summed E-state index contributed by atoms with van der Waals surface area (Å²) in [5.41, 5.74) is 5.11. The van der Waals surface area contributed by atoms with E-state index >= 15 is 4.39 Å². The van der Waals surface area contributed by atoms with Crippen molar-refractivity contribution in [1.29, 1.82) is 0 Å². The molecule has 1 aliphatic heterocycles. The summed E-state index contributed by atoms with van der Waals surface area (Å²) >= 11 is 0. The van der Waals surface area contributed by atoms with Crippen molar-refractivity contribution in [3.63, 3.8) is 0 Å². The number of hydrogen-bond acceptors (Lipinski definition) is 5. The minimum atomic E-state index is -4.66. The minimum Gasteiger partial charge on any atom is -0.382 e. The number of rotatable bonds is 2. The molecule has 0 saturated carbocycles. The molecular formula is C22H16F6N6O. The first-order valence-electron chi connectivity index (χ1n) is 10.4. The zero-order valence-corrected chi connectivity index (χ0v) is 17.7. The van der Waals surface area contributed by atoms with Crippen LogP contribution in [-0.4, -0.2) is 42.6 Å². The van der Waals surface area contributed by atoms with Crippen LogP contribution < -0.4 is 5.73 Å². The van der Waals surface area contributed by atoms with E-state index in [9.17, 15) is 26.7 Å². The van der Waals surface area contributed by atoms with Crippen LogP contribution in [0.2, 0.25) is 0 Å². The van der Waals surface area contributed by atoms with E-state index < -0.39 is 60.4 Å². The number of nitrogens with zero attached hydrogens (tertiary/aromatic N) is 5. The van der Waals surface area contributed by atoms with E-state index in [-0.39, 0.29) is 17.0 Å². The van der Waals surface area contributed by atoms with Crippen LogP contribution >= 0.6 is 0 Å². The number of imidazole rings is 1. The second kappa shape index (κ2) is 7.82. The highest BCUT2D eigenvalue weighted by molar-refractivity contribution is 5.98. The lowest BCUT2D eigenvalue weighted by Gasteiger charge is -2.39. The SMILES string of the molecule is Nc1nc2cc(F)c(C(=O)N3CCC(F)(F)CC3c3ccc(C(F)(F)F)cn3)cc2n2cncc12. The van der Waals surface area contributed by atoms with Crippen molar-refractivity contribution < 1.29 is 31.1 Å². The number of nitrogens with two attached hydrogens (primary N) is 1. The average Bonchev–Trinajstić information content (AvgIpc) is 3.28. The molecule has 1 unspecified atom stereocenters. The predicted octanol–water partition coefficient (Wildman–Crippen LogP) is 4.63. The molecule has 1 aliphatic rings. The van der Waals surface area contributed by atoms with E-state index in [1.54, 1.807) is 0 Å². The number of alkyl halides is 5. The van der Waals surface area contributed by atoms with Crippen molar-refractivity contribution in [2.45, 2.75) is 31.0 Å². The average molecular weight is 494 g/mol. The highest BCUT2D eigenvalue weighted by atomic mass is 19.4. The maximum Gasteiger partial charge on any atom is 0.417 e. The summed E-state index contributed by atoms with van der Waals surface area (Å²) in [5.74, 6) is -4.94. The van der Waals surface area contributed by atoms with Gasteiger partial charge in [0, 0.05) is 31.6 Å². The lowest BCUT2D eigenvalue weighted by molar-refractivity contribution is -0.137. The number of likely N-dealkylation sites (tertiary alicyclic amines) is 1. The summed E-state index contributed by atoms with van der Waals surface area (Å²) in [6.07, 6.45) is -2.86. The van der Waals surface area contributed by atoms with Crippen molar-refractivity contribution in [2.24, 2.45) is 0 Å². The van der Waals surface area contributed by atoms with E-state index in [0.717, 1.165) is 17.0 Å². The van der Waals surface area contributed by atoms with E-state index in [2.05, 4.69) is 15.0 Å². The molecule has 182 valence electrons. The van der Waals surface area contributed by atoms with Gasteiger partial charge in [-0.3, -0.25) is 14.2 Å². The second-order valence-electron chi connectivity index (χ2n) is 8.26. The molecule has 2 N–H and O–H groups in total. The largest absolute Gasteiger partial charge is 0.417 e. The van der Waals surface area contributed by atoms with Crippen LogP contribution in [0, 0.1) is 5.82 Å². The molecule has 4 aromatic rings. The summed E-state index contributed by atoms with van der Waals surface area (Å²) in [6.45, 7) is -0.447. The number of halogens is 6. The number of nitrogen functional groups attached to an aromatic ring is 1. The summed E-state index contributed by atoms with van der Waals surface area (Å²) in [7, 11) is 0. The van der Waals surface area contributed by atoms with Crippen LogP contribution in [0.4, 0.5) is 32.2 Å². The fourth-order valence-electron chi connectivity index (χ4n) is 4.23. The van der Waals surface area contributed by atoms with Gasteiger partial charge in [-0.1, -0.05) is 0 Å². The molecule has 1 amide bonds. The summed E-state index contributed by atoms with van der Waals surface area (Å²) < 4.78 is 83.8. The molecule has 7 nitrogen and oxygen atoms in total. The van der Waals surface area contributed by atoms with E-state index in [0.29, 0.717) is 23.3 Å². The zero-order valence-electron chi connectivity index (χ0n) is 17.7. The van der Waals surface area contributed by atoms with E-state index in [1.165, 1.54) is 23.0 Å². The number of amides is 1. The van der Waals surface area contributed by atoms with Gasteiger partial charge in [0.2, 0.25) is 0 Å². The molecular weight excluding hydrogens is 478 g/mol. The lowest BCUT2D eigenvalue weighted by atomic mass is 9.94. The molecule has 0 bridgehead atoms. The quantitative estimate of drug-likeness (QED) is 0.411. The topological polar surface area (TPSA) is 89.4 Å². The Morgan fingerprint density at radius 2 is 1.91 bits per heavy atom. The third-order valence-electron chi connectivity index (χ3n) is 6.00. The van der Waals surface area contributed by atoms with Gasteiger partial charge in [0.25, 0.3) is 11.8 Å². The minimum absolute atomic E-state index is 0.0974. The molecule has 4 heterocycles. The van der Waals surface area contributed by atoms with Crippen molar-refractivity contribution in [1.82, 2.24) is 24.3 Å². The third kappa shape index (κ3) is 4.00. The highest BCUT2D eigenvalue weighted by Crippen LogP contribution is 2.41. The first kappa shape index (κ1) is 22.9. The maximum atomic E-state index is 15.0. The second-order valence-corrected chi connectivity index (χ2v) is 8.26. The van der Waals surface area contributed by atoms with Gasteiger partial charge in [0.1, 0.15) is 17.2 Å². The molecule has 1 fully saturated rings. The molecule has 0 radical (unpaired) electrons. The Kier molecular flexibility index (Phi) is 5.11. The Morgan fingerprint density at radius 3 is 2.60 bits per heavy atom. The van der Waals surface area contributed by atoms with Crippen LogP contribution in [-0.2, 0) is 6.18 Å². The smallest absolute Gasteiger partial charge is 0.382 e. The Hall–Kier alpha value is -3.90. The first-order valence-corrected chi connectivity index (χ1v) is 10.4. The number of benzene rings is 1. The normalized spacial score (nSPS) is 18.3. The number of aromatic nitrogens is 4. The first-order chi connectivity index (χ1) is 16.4. The van der Waals surface area contributed by atoms with Gasteiger partial charge in [0.15, 0.2) is 0 Å². The number of pyridine rings is 1. The molecule has 3 aromatic heterocycles. The lowest BCUT2D eigenvalue weighted by Crippen LogP contribution is -2.45. The van der Waals surface area contributed by atoms with Crippen molar-refractivity contribution in [3.05, 3.63) is 65.6 Å².